The molecule has 2 heterocycles. The van der Waals surface area contributed by atoms with Crippen molar-refractivity contribution in [2.24, 2.45) is 5.84 Å². The number of nitrogens with one attached hydrogen (secondary N) is 1. The first-order valence-electron chi connectivity index (χ1n) is 6.57. The predicted molar refractivity (Wildman–Crippen MR) is 76.9 cm³/mol. The summed E-state index contributed by atoms with van der Waals surface area (Å²) < 4.78 is 0. The van der Waals surface area contributed by atoms with E-state index in [1.54, 1.807) is 6.20 Å². The Balaban J connectivity index is 1.85. The summed E-state index contributed by atoms with van der Waals surface area (Å²) >= 11 is 0. The highest BCUT2D eigenvalue weighted by Gasteiger charge is 2.24. The molecule has 0 unspecified atom stereocenters. The molecule has 0 atom stereocenters. The molecule has 2 aromatic rings. The zero-order valence-corrected chi connectivity index (χ0v) is 11.0. The van der Waals surface area contributed by atoms with Gasteiger partial charge in [0.1, 0.15) is 5.82 Å². The van der Waals surface area contributed by atoms with Crippen molar-refractivity contribution in [3.8, 4) is 0 Å². The number of carbonyl (C=O) groups excluding carboxylic acids is 1. The molecule has 102 valence electrons. The van der Waals surface area contributed by atoms with E-state index in [0.29, 0.717) is 12.4 Å². The number of nitrogens with zero attached hydrogens (tertiary/aromatic N) is 2. The van der Waals surface area contributed by atoms with Gasteiger partial charge in [-0.05, 0) is 24.1 Å². The molecule has 0 radical (unpaired) electrons. The second-order valence-electron chi connectivity index (χ2n) is 4.79. The van der Waals surface area contributed by atoms with Crippen LogP contribution in [-0.2, 0) is 13.0 Å². The van der Waals surface area contributed by atoms with E-state index in [-0.39, 0.29) is 5.91 Å². The third-order valence-electron chi connectivity index (χ3n) is 3.58. The molecular weight excluding hydrogens is 252 g/mol. The van der Waals surface area contributed by atoms with Crippen LogP contribution in [0.3, 0.4) is 0 Å². The molecule has 0 aliphatic carbocycles. The Hall–Kier alpha value is -2.40. The quantitative estimate of drug-likeness (QED) is 0.654. The van der Waals surface area contributed by atoms with Crippen molar-refractivity contribution in [2.75, 3.05) is 12.0 Å². The van der Waals surface area contributed by atoms with E-state index in [2.05, 4.69) is 10.4 Å². The summed E-state index contributed by atoms with van der Waals surface area (Å²) in [6, 6.07) is 11.5. The van der Waals surface area contributed by atoms with Crippen LogP contribution in [-0.4, -0.2) is 22.3 Å². The van der Waals surface area contributed by atoms with Gasteiger partial charge in [-0.1, -0.05) is 24.3 Å². The summed E-state index contributed by atoms with van der Waals surface area (Å²) in [5, 5.41) is 0. The molecule has 5 nitrogen and oxygen atoms in total. The minimum atomic E-state index is 0.0682. The number of hydrazine groups is 1. The van der Waals surface area contributed by atoms with Crippen LogP contribution in [0.25, 0.3) is 0 Å². The van der Waals surface area contributed by atoms with Gasteiger partial charge in [0, 0.05) is 30.4 Å². The predicted octanol–water partition coefficient (Wildman–Crippen LogP) is 1.57. The zero-order chi connectivity index (χ0) is 13.9. The van der Waals surface area contributed by atoms with Crippen molar-refractivity contribution in [1.29, 1.82) is 0 Å². The molecule has 1 aromatic carbocycles. The first kappa shape index (κ1) is 12.6. The zero-order valence-electron chi connectivity index (χ0n) is 11.0. The standard InChI is InChI=1S/C15H16N4O/c16-18-14-12(5-3-8-17-14)10-19-9-7-11-4-1-2-6-13(11)15(19)20/h1-6,8H,7,9-10,16H2,(H,17,18). The maximum absolute atomic E-state index is 12.5. The van der Waals surface area contributed by atoms with Crippen LogP contribution in [0.1, 0.15) is 21.5 Å². The molecule has 3 rings (SSSR count). The summed E-state index contributed by atoms with van der Waals surface area (Å²) in [4.78, 5) is 18.5. The van der Waals surface area contributed by atoms with Crippen LogP contribution in [0.15, 0.2) is 42.6 Å². The topological polar surface area (TPSA) is 71.2 Å². The van der Waals surface area contributed by atoms with Gasteiger partial charge < -0.3 is 10.3 Å². The monoisotopic (exact) mass is 268 g/mol. The Labute approximate surface area is 117 Å². The number of benzene rings is 1. The lowest BCUT2D eigenvalue weighted by Crippen LogP contribution is -2.37. The first-order chi connectivity index (χ1) is 9.79. The summed E-state index contributed by atoms with van der Waals surface area (Å²) in [6.45, 7) is 1.23. The second-order valence-corrected chi connectivity index (χ2v) is 4.79. The molecule has 0 fully saturated rings. The third-order valence-corrected chi connectivity index (χ3v) is 3.58. The fraction of sp³-hybridized carbons (Fsp3) is 0.200. The fourth-order valence-corrected chi connectivity index (χ4v) is 2.53. The molecule has 5 heteroatoms. The Morgan fingerprint density at radius 3 is 2.95 bits per heavy atom. The lowest BCUT2D eigenvalue weighted by Gasteiger charge is -2.29. The summed E-state index contributed by atoms with van der Waals surface area (Å²) in [6.07, 6.45) is 2.56. The van der Waals surface area contributed by atoms with E-state index < -0.39 is 0 Å². The van der Waals surface area contributed by atoms with Crippen LogP contribution in [0, 0.1) is 0 Å². The summed E-state index contributed by atoms with van der Waals surface area (Å²) in [5.74, 6) is 6.13. The van der Waals surface area contributed by atoms with Crippen molar-refractivity contribution >= 4 is 11.7 Å². The molecule has 0 bridgehead atoms. The smallest absolute Gasteiger partial charge is 0.254 e. The van der Waals surface area contributed by atoms with E-state index >= 15 is 0 Å². The van der Waals surface area contributed by atoms with E-state index in [9.17, 15) is 4.79 Å². The molecule has 20 heavy (non-hydrogen) atoms. The molecule has 0 spiro atoms. The molecule has 1 aliphatic heterocycles. The highest BCUT2D eigenvalue weighted by Crippen LogP contribution is 2.21. The Morgan fingerprint density at radius 1 is 1.25 bits per heavy atom. The number of rotatable bonds is 3. The Bertz CT molecular complexity index is 641. The fourth-order valence-electron chi connectivity index (χ4n) is 2.53. The summed E-state index contributed by atoms with van der Waals surface area (Å²) in [7, 11) is 0. The van der Waals surface area contributed by atoms with Crippen LogP contribution >= 0.6 is 0 Å². The number of nitrogen functional groups attached to an aromatic ring is 1. The van der Waals surface area contributed by atoms with Crippen molar-refractivity contribution < 1.29 is 4.79 Å². The van der Waals surface area contributed by atoms with Gasteiger partial charge in [-0.3, -0.25) is 4.79 Å². The third kappa shape index (κ3) is 2.23. The molecule has 0 saturated carbocycles. The number of amides is 1. The maximum Gasteiger partial charge on any atom is 0.254 e. The number of anilines is 1. The van der Waals surface area contributed by atoms with E-state index in [1.165, 1.54) is 0 Å². The van der Waals surface area contributed by atoms with Crippen molar-refractivity contribution in [3.63, 3.8) is 0 Å². The van der Waals surface area contributed by atoms with Crippen LogP contribution in [0.4, 0.5) is 5.82 Å². The van der Waals surface area contributed by atoms with Crippen LogP contribution < -0.4 is 11.3 Å². The van der Waals surface area contributed by atoms with Gasteiger partial charge in [-0.15, -0.1) is 0 Å². The van der Waals surface area contributed by atoms with E-state index in [4.69, 9.17) is 5.84 Å². The molecule has 3 N–H and O–H groups in total. The SMILES string of the molecule is NNc1ncccc1CN1CCc2ccccc2C1=O. The number of nitrogens with two attached hydrogens (primary N) is 1. The van der Waals surface area contributed by atoms with Crippen LogP contribution in [0.2, 0.25) is 0 Å². The Kier molecular flexibility index (Phi) is 3.35. The maximum atomic E-state index is 12.5. The number of hydrogen-bond acceptors (Lipinski definition) is 4. The van der Waals surface area contributed by atoms with Gasteiger partial charge in [0.25, 0.3) is 5.91 Å². The van der Waals surface area contributed by atoms with Gasteiger partial charge in [-0.25, -0.2) is 10.8 Å². The summed E-state index contributed by atoms with van der Waals surface area (Å²) in [5.41, 5.74) is 5.41. The number of carbonyl (C=O) groups is 1. The highest BCUT2D eigenvalue weighted by molar-refractivity contribution is 5.96. The van der Waals surface area contributed by atoms with E-state index in [1.807, 2.05) is 41.3 Å². The number of hydrogen-bond donors (Lipinski definition) is 2. The van der Waals surface area contributed by atoms with Gasteiger partial charge >= 0.3 is 0 Å². The van der Waals surface area contributed by atoms with Crippen molar-refractivity contribution in [1.82, 2.24) is 9.88 Å². The molecule has 0 saturated heterocycles. The largest absolute Gasteiger partial charge is 0.334 e. The number of aromatic nitrogens is 1. The van der Waals surface area contributed by atoms with Crippen molar-refractivity contribution in [3.05, 3.63) is 59.3 Å². The number of fused-ring (bicyclic) bond motifs is 1. The highest BCUT2D eigenvalue weighted by atomic mass is 16.2. The van der Waals surface area contributed by atoms with Gasteiger partial charge in [0.15, 0.2) is 0 Å². The molecule has 1 aliphatic rings. The average molecular weight is 268 g/mol. The van der Waals surface area contributed by atoms with Gasteiger partial charge in [0.05, 0.1) is 0 Å². The van der Waals surface area contributed by atoms with Gasteiger partial charge in [0.2, 0.25) is 0 Å². The van der Waals surface area contributed by atoms with Crippen molar-refractivity contribution in [2.45, 2.75) is 13.0 Å². The lowest BCUT2D eigenvalue weighted by molar-refractivity contribution is 0.0727. The molecular formula is C15H16N4O. The van der Waals surface area contributed by atoms with Crippen LogP contribution in [0.5, 0.6) is 0 Å². The average Bonchev–Trinajstić information content (AvgIpc) is 2.51. The first-order valence-corrected chi connectivity index (χ1v) is 6.57. The minimum absolute atomic E-state index is 0.0682. The Morgan fingerprint density at radius 2 is 2.10 bits per heavy atom. The second kappa shape index (κ2) is 5.30. The van der Waals surface area contributed by atoms with Gasteiger partial charge in [-0.2, -0.15) is 0 Å². The lowest BCUT2D eigenvalue weighted by atomic mass is 9.99. The van der Waals surface area contributed by atoms with E-state index in [0.717, 1.165) is 29.7 Å². The normalized spacial score (nSPS) is 14.1. The number of pyridine rings is 1. The molecule has 1 aromatic heterocycles. The molecule has 1 amide bonds. The minimum Gasteiger partial charge on any atom is -0.334 e.